The first-order chi connectivity index (χ1) is 10.7. The molecule has 1 heterocycles. The van der Waals surface area contributed by atoms with Gasteiger partial charge in [-0.3, -0.25) is 0 Å². The lowest BCUT2D eigenvalue weighted by atomic mass is 9.79. The largest absolute Gasteiger partial charge is 0.459 e. The van der Waals surface area contributed by atoms with Crippen LogP contribution in [0, 0.1) is 23.7 Å². The zero-order valence-corrected chi connectivity index (χ0v) is 13.8. The molecule has 0 spiro atoms. The maximum Gasteiger partial charge on any atom is 0.350 e. The Bertz CT molecular complexity index is 539. The molecule has 0 aromatic rings. The summed E-state index contributed by atoms with van der Waals surface area (Å²) in [6, 6.07) is 0. The van der Waals surface area contributed by atoms with Gasteiger partial charge in [-0.1, -0.05) is 6.58 Å². The summed E-state index contributed by atoms with van der Waals surface area (Å²) in [5.74, 6) is -0.193. The summed E-state index contributed by atoms with van der Waals surface area (Å²) in [6.45, 7) is 8.66. The number of hydrogen-bond donors (Lipinski definition) is 1. The molecule has 2 aliphatic carbocycles. The van der Waals surface area contributed by atoms with Crippen LogP contribution in [-0.2, 0) is 23.8 Å². The van der Waals surface area contributed by atoms with Crippen molar-refractivity contribution < 1.29 is 28.9 Å². The number of rotatable bonds is 4. The van der Waals surface area contributed by atoms with Crippen LogP contribution in [0.3, 0.4) is 0 Å². The molecule has 3 rings (SSSR count). The Morgan fingerprint density at radius 3 is 2.61 bits per heavy atom. The second-order valence-electron chi connectivity index (χ2n) is 7.48. The van der Waals surface area contributed by atoms with E-state index in [1.807, 2.05) is 0 Å². The van der Waals surface area contributed by atoms with Crippen molar-refractivity contribution in [3.8, 4) is 0 Å². The van der Waals surface area contributed by atoms with Crippen LogP contribution < -0.4 is 0 Å². The maximum atomic E-state index is 12.4. The molecule has 6 unspecified atom stereocenters. The minimum Gasteiger partial charge on any atom is -0.459 e. The van der Waals surface area contributed by atoms with Gasteiger partial charge in [0.1, 0.15) is 6.10 Å². The highest BCUT2D eigenvalue weighted by Gasteiger charge is 2.59. The second kappa shape index (κ2) is 5.60. The van der Waals surface area contributed by atoms with Crippen LogP contribution in [0.1, 0.15) is 33.6 Å². The normalized spacial score (nSPS) is 38.3. The molecular formula is C17H24O6. The van der Waals surface area contributed by atoms with E-state index in [4.69, 9.17) is 14.2 Å². The summed E-state index contributed by atoms with van der Waals surface area (Å²) in [7, 11) is 0. The van der Waals surface area contributed by atoms with Gasteiger partial charge in [-0.15, -0.1) is 0 Å². The Balaban J connectivity index is 1.63. The topological polar surface area (TPSA) is 82.1 Å². The minimum absolute atomic E-state index is 0.0487. The molecule has 2 saturated carbocycles. The van der Waals surface area contributed by atoms with Crippen LogP contribution in [-0.4, -0.2) is 41.6 Å². The lowest BCUT2D eigenvalue weighted by molar-refractivity contribution is -0.184. The summed E-state index contributed by atoms with van der Waals surface area (Å²) in [4.78, 5) is 24.0. The minimum atomic E-state index is -1.36. The smallest absolute Gasteiger partial charge is 0.350 e. The summed E-state index contributed by atoms with van der Waals surface area (Å²) in [6.07, 6.45) is 0.747. The Labute approximate surface area is 135 Å². The Morgan fingerprint density at radius 2 is 1.96 bits per heavy atom. The highest BCUT2D eigenvalue weighted by Crippen LogP contribution is 2.57. The molecule has 0 aromatic heterocycles. The number of aliphatic hydroxyl groups is 1. The molecule has 6 atom stereocenters. The van der Waals surface area contributed by atoms with Crippen molar-refractivity contribution in [2.24, 2.45) is 23.7 Å². The molecule has 6 nitrogen and oxygen atoms in total. The monoisotopic (exact) mass is 324 g/mol. The summed E-state index contributed by atoms with van der Waals surface area (Å²) >= 11 is 0. The number of carbonyl (C=O) groups excluding carboxylic acids is 2. The van der Waals surface area contributed by atoms with E-state index in [-0.39, 0.29) is 23.5 Å². The molecule has 6 heteroatoms. The molecular weight excluding hydrogens is 300 g/mol. The van der Waals surface area contributed by atoms with Crippen molar-refractivity contribution in [3.05, 3.63) is 12.2 Å². The van der Waals surface area contributed by atoms with E-state index in [2.05, 4.69) is 6.58 Å². The average molecular weight is 324 g/mol. The van der Waals surface area contributed by atoms with E-state index in [0.29, 0.717) is 18.4 Å². The molecule has 0 radical (unpaired) electrons. The van der Waals surface area contributed by atoms with Crippen molar-refractivity contribution in [2.45, 2.75) is 51.6 Å². The van der Waals surface area contributed by atoms with E-state index in [0.717, 1.165) is 12.8 Å². The van der Waals surface area contributed by atoms with Gasteiger partial charge in [-0.2, -0.15) is 0 Å². The second-order valence-corrected chi connectivity index (χ2v) is 7.48. The lowest BCUT2D eigenvalue weighted by Crippen LogP contribution is -2.44. The molecule has 1 N–H and O–H groups in total. The zero-order chi connectivity index (χ0) is 16.9. The van der Waals surface area contributed by atoms with Crippen LogP contribution in [0.5, 0.6) is 0 Å². The standard InChI is InChI=1S/C17H24O6/c1-8(2)14(18)23-17(3,4)16(20)22-12-6-9-5-10(12)13-11(9)7-21-15(13)19/h9-13,15,19H,1,5-7H2,2-4H3. The summed E-state index contributed by atoms with van der Waals surface area (Å²) in [5, 5.41) is 9.97. The molecule has 2 bridgehead atoms. The molecule has 0 aromatic carbocycles. The molecule has 3 aliphatic rings. The Kier molecular flexibility index (Phi) is 4.01. The van der Waals surface area contributed by atoms with Gasteiger partial charge in [0.25, 0.3) is 0 Å². The van der Waals surface area contributed by atoms with E-state index in [1.54, 1.807) is 0 Å². The van der Waals surface area contributed by atoms with E-state index in [9.17, 15) is 14.7 Å². The van der Waals surface area contributed by atoms with Crippen LogP contribution >= 0.6 is 0 Å². The molecule has 0 amide bonds. The third-order valence-electron chi connectivity index (χ3n) is 5.42. The molecule has 128 valence electrons. The van der Waals surface area contributed by atoms with Crippen molar-refractivity contribution in [1.82, 2.24) is 0 Å². The van der Waals surface area contributed by atoms with Crippen LogP contribution in [0.25, 0.3) is 0 Å². The average Bonchev–Trinajstić information content (AvgIpc) is 3.11. The number of fused-ring (bicyclic) bond motifs is 5. The first-order valence-corrected chi connectivity index (χ1v) is 8.10. The van der Waals surface area contributed by atoms with Crippen molar-refractivity contribution in [1.29, 1.82) is 0 Å². The Morgan fingerprint density at radius 1 is 1.26 bits per heavy atom. The number of esters is 2. The number of aliphatic hydroxyl groups excluding tert-OH is 1. The van der Waals surface area contributed by atoms with Crippen LogP contribution in [0.4, 0.5) is 0 Å². The first-order valence-electron chi connectivity index (χ1n) is 8.10. The molecule has 1 aliphatic heterocycles. The van der Waals surface area contributed by atoms with E-state index >= 15 is 0 Å². The van der Waals surface area contributed by atoms with Gasteiger partial charge >= 0.3 is 11.9 Å². The number of carbonyl (C=O) groups is 2. The highest BCUT2D eigenvalue weighted by atomic mass is 16.6. The van der Waals surface area contributed by atoms with Crippen molar-refractivity contribution in [2.75, 3.05) is 6.61 Å². The van der Waals surface area contributed by atoms with Gasteiger partial charge in [0.15, 0.2) is 6.29 Å². The number of hydrogen-bond acceptors (Lipinski definition) is 6. The predicted molar refractivity (Wildman–Crippen MR) is 80.0 cm³/mol. The fourth-order valence-electron chi connectivity index (χ4n) is 4.22. The molecule has 3 fully saturated rings. The van der Waals surface area contributed by atoms with Gasteiger partial charge in [-0.05, 0) is 45.4 Å². The zero-order valence-electron chi connectivity index (χ0n) is 13.8. The van der Waals surface area contributed by atoms with Crippen molar-refractivity contribution in [3.63, 3.8) is 0 Å². The van der Waals surface area contributed by atoms with E-state index in [1.165, 1.54) is 20.8 Å². The lowest BCUT2D eigenvalue weighted by Gasteiger charge is -2.33. The fourth-order valence-corrected chi connectivity index (χ4v) is 4.22. The van der Waals surface area contributed by atoms with Gasteiger partial charge < -0.3 is 19.3 Å². The molecule has 1 saturated heterocycles. The Hall–Kier alpha value is -1.40. The third kappa shape index (κ3) is 2.78. The fraction of sp³-hybridized carbons (Fsp3) is 0.765. The maximum absolute atomic E-state index is 12.4. The van der Waals surface area contributed by atoms with Crippen molar-refractivity contribution >= 4 is 11.9 Å². The summed E-state index contributed by atoms with van der Waals surface area (Å²) in [5.41, 5.74) is -1.12. The van der Waals surface area contributed by atoms with Gasteiger partial charge in [0.2, 0.25) is 5.60 Å². The van der Waals surface area contributed by atoms with Crippen LogP contribution in [0.15, 0.2) is 12.2 Å². The molecule has 23 heavy (non-hydrogen) atoms. The first kappa shape index (κ1) is 16.5. The van der Waals surface area contributed by atoms with Gasteiger partial charge in [0.05, 0.1) is 6.61 Å². The SMILES string of the molecule is C=C(C)C(=O)OC(C)(C)C(=O)OC1CC2CC1C1C(O)OCC21. The quantitative estimate of drug-likeness (QED) is 0.622. The van der Waals surface area contributed by atoms with E-state index < -0.39 is 23.8 Å². The number of ether oxygens (including phenoxy) is 3. The van der Waals surface area contributed by atoms with Gasteiger partial charge in [-0.25, -0.2) is 9.59 Å². The van der Waals surface area contributed by atoms with Gasteiger partial charge in [0, 0.05) is 17.4 Å². The third-order valence-corrected chi connectivity index (χ3v) is 5.42. The predicted octanol–water partition coefficient (Wildman–Crippen LogP) is 1.42. The van der Waals surface area contributed by atoms with Crippen LogP contribution in [0.2, 0.25) is 0 Å². The highest BCUT2D eigenvalue weighted by molar-refractivity contribution is 5.90. The summed E-state index contributed by atoms with van der Waals surface area (Å²) < 4.78 is 16.1.